The molecule has 0 fully saturated rings. The van der Waals surface area contributed by atoms with E-state index in [-0.39, 0.29) is 5.75 Å². The lowest BCUT2D eigenvalue weighted by Crippen LogP contribution is -2.23. The number of ketones is 1. The Labute approximate surface area is 166 Å². The summed E-state index contributed by atoms with van der Waals surface area (Å²) in [4.78, 5) is 12.4. The second-order valence-corrected chi connectivity index (χ2v) is 7.49. The number of aryl methyl sites for hydroxylation is 1. The average molecular weight is 403 g/mol. The summed E-state index contributed by atoms with van der Waals surface area (Å²) in [5, 5.41) is 19.6. The largest absolute Gasteiger partial charge is 0.506 e. The SMILES string of the molecule is Cc1ccccc1Oc1ccc(/C(O)=C(\C#N)C(=O)C(C)(C)C)c(C(F)(F)F)c1. The van der Waals surface area contributed by atoms with Crippen LogP contribution in [-0.2, 0) is 11.0 Å². The van der Waals surface area contributed by atoms with E-state index < -0.39 is 39.8 Å². The minimum absolute atomic E-state index is 0.0937. The summed E-state index contributed by atoms with van der Waals surface area (Å²) in [6.45, 7) is 6.26. The summed E-state index contributed by atoms with van der Waals surface area (Å²) in [6.07, 6.45) is -4.85. The van der Waals surface area contributed by atoms with Gasteiger partial charge in [0.15, 0.2) is 5.78 Å². The van der Waals surface area contributed by atoms with Gasteiger partial charge in [0.05, 0.1) is 5.56 Å². The van der Waals surface area contributed by atoms with Crippen LogP contribution in [0.3, 0.4) is 0 Å². The molecule has 0 aliphatic heterocycles. The monoisotopic (exact) mass is 403 g/mol. The van der Waals surface area contributed by atoms with Gasteiger partial charge in [-0.1, -0.05) is 39.0 Å². The van der Waals surface area contributed by atoms with Gasteiger partial charge in [-0.15, -0.1) is 0 Å². The van der Waals surface area contributed by atoms with Crippen molar-refractivity contribution in [2.75, 3.05) is 0 Å². The predicted molar refractivity (Wildman–Crippen MR) is 102 cm³/mol. The van der Waals surface area contributed by atoms with Crippen LogP contribution < -0.4 is 4.74 Å². The fourth-order valence-corrected chi connectivity index (χ4v) is 2.55. The Bertz CT molecular complexity index is 1010. The molecule has 152 valence electrons. The third-order valence-corrected chi connectivity index (χ3v) is 4.13. The Morgan fingerprint density at radius 3 is 2.24 bits per heavy atom. The Kier molecular flexibility index (Phi) is 6.07. The molecule has 2 aromatic carbocycles. The molecule has 0 atom stereocenters. The molecule has 0 amide bonds. The zero-order valence-electron chi connectivity index (χ0n) is 16.4. The lowest BCUT2D eigenvalue weighted by atomic mass is 9.85. The highest BCUT2D eigenvalue weighted by Gasteiger charge is 2.37. The number of benzene rings is 2. The number of nitrogens with zero attached hydrogens (tertiary/aromatic N) is 1. The maximum absolute atomic E-state index is 13.7. The molecule has 0 aliphatic rings. The fraction of sp³-hybridized carbons (Fsp3) is 0.273. The number of alkyl halides is 3. The molecular weight excluding hydrogens is 383 g/mol. The zero-order valence-corrected chi connectivity index (χ0v) is 16.4. The van der Waals surface area contributed by atoms with Crippen molar-refractivity contribution in [3.05, 3.63) is 64.7 Å². The Morgan fingerprint density at radius 1 is 1.10 bits per heavy atom. The van der Waals surface area contributed by atoms with E-state index in [2.05, 4.69) is 0 Å². The van der Waals surface area contributed by atoms with Crippen LogP contribution in [0, 0.1) is 23.7 Å². The van der Waals surface area contributed by atoms with Crippen molar-refractivity contribution < 1.29 is 27.8 Å². The first-order valence-corrected chi connectivity index (χ1v) is 8.69. The third kappa shape index (κ3) is 4.96. The van der Waals surface area contributed by atoms with Crippen molar-refractivity contribution in [3.8, 4) is 17.6 Å². The van der Waals surface area contributed by atoms with Crippen molar-refractivity contribution >= 4 is 11.5 Å². The van der Waals surface area contributed by atoms with Crippen molar-refractivity contribution in [1.29, 1.82) is 5.26 Å². The normalized spacial score (nSPS) is 12.8. The van der Waals surface area contributed by atoms with Crippen molar-refractivity contribution in [1.82, 2.24) is 0 Å². The van der Waals surface area contributed by atoms with Crippen LogP contribution in [0.5, 0.6) is 11.5 Å². The van der Waals surface area contributed by atoms with E-state index in [1.54, 1.807) is 31.2 Å². The van der Waals surface area contributed by atoms with Gasteiger partial charge in [0, 0.05) is 11.0 Å². The first-order valence-electron chi connectivity index (χ1n) is 8.69. The summed E-state index contributed by atoms with van der Waals surface area (Å²) < 4.78 is 46.5. The van der Waals surface area contributed by atoms with Gasteiger partial charge >= 0.3 is 6.18 Å². The van der Waals surface area contributed by atoms with Crippen LogP contribution >= 0.6 is 0 Å². The number of carbonyl (C=O) groups is 1. The summed E-state index contributed by atoms with van der Waals surface area (Å²) in [7, 11) is 0. The van der Waals surface area contributed by atoms with Gasteiger partial charge in [-0.05, 0) is 36.8 Å². The Balaban J connectivity index is 2.61. The quantitative estimate of drug-likeness (QED) is 0.374. The van der Waals surface area contributed by atoms with Gasteiger partial charge in [0.2, 0.25) is 0 Å². The molecule has 0 aromatic heterocycles. The number of para-hydroxylation sites is 1. The first-order chi connectivity index (χ1) is 13.4. The van der Waals surface area contributed by atoms with E-state index in [1.165, 1.54) is 32.9 Å². The van der Waals surface area contributed by atoms with Crippen molar-refractivity contribution in [2.45, 2.75) is 33.9 Å². The Morgan fingerprint density at radius 2 is 1.72 bits per heavy atom. The summed E-state index contributed by atoms with van der Waals surface area (Å²) in [5.74, 6) is -1.48. The van der Waals surface area contributed by atoms with Gasteiger partial charge < -0.3 is 9.84 Å². The van der Waals surface area contributed by atoms with Crippen LogP contribution in [0.25, 0.3) is 5.76 Å². The highest BCUT2D eigenvalue weighted by Crippen LogP contribution is 2.39. The van der Waals surface area contributed by atoms with Gasteiger partial charge in [0.1, 0.15) is 28.9 Å². The smallest absolute Gasteiger partial charge is 0.417 e. The number of halogens is 3. The number of Topliss-reactive ketones (excluding diaryl/α,β-unsaturated/α-hetero) is 1. The highest BCUT2D eigenvalue weighted by atomic mass is 19.4. The van der Waals surface area contributed by atoms with Gasteiger partial charge in [-0.3, -0.25) is 4.79 Å². The van der Waals surface area contributed by atoms with E-state index in [1.807, 2.05) is 0 Å². The molecule has 29 heavy (non-hydrogen) atoms. The minimum Gasteiger partial charge on any atom is -0.506 e. The highest BCUT2D eigenvalue weighted by molar-refractivity contribution is 6.07. The maximum Gasteiger partial charge on any atom is 0.417 e. The average Bonchev–Trinajstić information content (AvgIpc) is 2.62. The van der Waals surface area contributed by atoms with Gasteiger partial charge in [-0.2, -0.15) is 18.4 Å². The summed E-state index contributed by atoms with van der Waals surface area (Å²) in [5.41, 5.74) is -2.92. The molecule has 0 heterocycles. The lowest BCUT2D eigenvalue weighted by molar-refractivity contribution is -0.138. The van der Waals surface area contributed by atoms with Crippen LogP contribution in [0.15, 0.2) is 48.0 Å². The summed E-state index contributed by atoms with van der Waals surface area (Å²) in [6, 6.07) is 11.3. The number of hydrogen-bond acceptors (Lipinski definition) is 4. The lowest BCUT2D eigenvalue weighted by Gasteiger charge is -2.19. The van der Waals surface area contributed by atoms with Gasteiger partial charge in [0.25, 0.3) is 0 Å². The molecule has 0 bridgehead atoms. The first kappa shape index (κ1) is 22.0. The molecule has 0 unspecified atom stereocenters. The van der Waals surface area contributed by atoms with Crippen molar-refractivity contribution in [3.63, 3.8) is 0 Å². The standard InChI is InChI=1S/C22H20F3NO3/c1-13-7-5-6-8-18(13)29-14-9-10-15(17(11-14)22(23,24)25)19(27)16(12-26)20(28)21(2,3)4/h5-11,27H,1-4H3/b19-16-. The number of hydrogen-bond donors (Lipinski definition) is 1. The molecule has 7 heteroatoms. The van der Waals surface area contributed by atoms with E-state index in [0.29, 0.717) is 5.75 Å². The molecule has 0 radical (unpaired) electrons. The van der Waals surface area contributed by atoms with Gasteiger partial charge in [-0.25, -0.2) is 0 Å². The maximum atomic E-state index is 13.7. The van der Waals surface area contributed by atoms with E-state index in [9.17, 15) is 28.3 Å². The second-order valence-electron chi connectivity index (χ2n) is 7.49. The van der Waals surface area contributed by atoms with E-state index >= 15 is 0 Å². The predicted octanol–water partition coefficient (Wildman–Crippen LogP) is 6.21. The molecule has 0 spiro atoms. The third-order valence-electron chi connectivity index (χ3n) is 4.13. The molecular formula is C22H20F3NO3. The molecule has 0 saturated carbocycles. The molecule has 2 aromatic rings. The molecule has 1 N–H and O–H groups in total. The minimum atomic E-state index is -4.85. The van der Waals surface area contributed by atoms with E-state index in [4.69, 9.17) is 4.74 Å². The van der Waals surface area contributed by atoms with E-state index in [0.717, 1.165) is 17.7 Å². The number of aliphatic hydroxyl groups is 1. The Hall–Kier alpha value is -3.27. The molecule has 0 saturated heterocycles. The number of allylic oxidation sites excluding steroid dienone is 1. The van der Waals surface area contributed by atoms with Crippen LogP contribution in [0.2, 0.25) is 0 Å². The number of nitriles is 1. The zero-order chi connectivity index (χ0) is 22.0. The number of ether oxygens (including phenoxy) is 1. The second kappa shape index (κ2) is 8.00. The molecule has 2 rings (SSSR count). The molecule has 4 nitrogen and oxygen atoms in total. The number of rotatable bonds is 4. The number of carbonyl (C=O) groups excluding carboxylic acids is 1. The van der Waals surface area contributed by atoms with Crippen molar-refractivity contribution in [2.24, 2.45) is 5.41 Å². The van der Waals surface area contributed by atoms with Crippen LogP contribution in [-0.4, -0.2) is 10.9 Å². The van der Waals surface area contributed by atoms with Crippen LogP contribution in [0.4, 0.5) is 13.2 Å². The molecule has 0 aliphatic carbocycles. The number of aliphatic hydroxyl groups excluding tert-OH is 1. The van der Waals surface area contributed by atoms with Crippen LogP contribution in [0.1, 0.15) is 37.5 Å². The summed E-state index contributed by atoms with van der Waals surface area (Å²) >= 11 is 0. The fourth-order valence-electron chi connectivity index (χ4n) is 2.55. The topological polar surface area (TPSA) is 70.3 Å².